The van der Waals surface area contributed by atoms with Gasteiger partial charge in [-0.3, -0.25) is 19.9 Å². The Bertz CT molecular complexity index is 778. The van der Waals surface area contributed by atoms with Gasteiger partial charge in [-0.2, -0.15) is 0 Å². The van der Waals surface area contributed by atoms with Crippen LogP contribution in [0.2, 0.25) is 0 Å². The van der Waals surface area contributed by atoms with Gasteiger partial charge in [0.15, 0.2) is 0 Å². The molecule has 0 aromatic carbocycles. The summed E-state index contributed by atoms with van der Waals surface area (Å²) in [7, 11) is 3.73. The molecule has 4 rings (SSSR count). The molecule has 1 aromatic rings. The first-order chi connectivity index (χ1) is 13.0. The van der Waals surface area contributed by atoms with Gasteiger partial charge in [0.2, 0.25) is 5.96 Å². The zero-order valence-corrected chi connectivity index (χ0v) is 15.8. The van der Waals surface area contributed by atoms with E-state index in [9.17, 15) is 9.59 Å². The van der Waals surface area contributed by atoms with E-state index in [0.717, 1.165) is 25.9 Å². The van der Waals surface area contributed by atoms with Gasteiger partial charge in [-0.05, 0) is 25.7 Å². The van der Waals surface area contributed by atoms with Gasteiger partial charge < -0.3 is 14.7 Å². The summed E-state index contributed by atoms with van der Waals surface area (Å²) < 4.78 is 0. The number of amides is 2. The maximum Gasteiger partial charge on any atom is 0.274 e. The highest BCUT2D eigenvalue weighted by molar-refractivity contribution is 6.07. The van der Waals surface area contributed by atoms with E-state index in [4.69, 9.17) is 0 Å². The Kier molecular flexibility index (Phi) is 4.45. The number of anilines is 1. The van der Waals surface area contributed by atoms with Crippen LogP contribution < -0.4 is 10.2 Å². The van der Waals surface area contributed by atoms with Crippen LogP contribution in [0.25, 0.3) is 0 Å². The fourth-order valence-corrected chi connectivity index (χ4v) is 3.85. The van der Waals surface area contributed by atoms with Gasteiger partial charge in [-0.1, -0.05) is 0 Å². The summed E-state index contributed by atoms with van der Waals surface area (Å²) in [5, 5.41) is 2.86. The van der Waals surface area contributed by atoms with Crippen molar-refractivity contribution in [2.24, 2.45) is 4.99 Å². The fourth-order valence-electron chi connectivity index (χ4n) is 3.85. The number of piperidine rings is 1. The second kappa shape index (κ2) is 6.79. The van der Waals surface area contributed by atoms with Gasteiger partial charge in [-0.15, -0.1) is 0 Å². The lowest BCUT2D eigenvalue weighted by Gasteiger charge is -2.36. The third-order valence-corrected chi connectivity index (χ3v) is 5.54. The van der Waals surface area contributed by atoms with Crippen molar-refractivity contribution in [1.82, 2.24) is 25.1 Å². The predicted molar refractivity (Wildman–Crippen MR) is 101 cm³/mol. The number of hydrogen-bond donors (Lipinski definition) is 1. The molecule has 2 saturated heterocycles. The van der Waals surface area contributed by atoms with Crippen molar-refractivity contribution >= 4 is 23.6 Å². The Hall–Kier alpha value is -2.71. The van der Waals surface area contributed by atoms with Crippen LogP contribution in [-0.2, 0) is 4.79 Å². The molecule has 9 nitrogen and oxygen atoms in total. The molecule has 2 amide bonds. The molecule has 4 heterocycles. The summed E-state index contributed by atoms with van der Waals surface area (Å²) in [6, 6.07) is 0. The number of nitrogens with one attached hydrogen (secondary N) is 1. The first-order valence-corrected chi connectivity index (χ1v) is 9.43. The average Bonchev–Trinajstić information content (AvgIpc) is 3.31. The minimum absolute atomic E-state index is 0.0325. The zero-order chi connectivity index (χ0) is 19.0. The molecule has 0 unspecified atom stereocenters. The van der Waals surface area contributed by atoms with Gasteiger partial charge in [0.25, 0.3) is 11.8 Å². The van der Waals surface area contributed by atoms with Crippen LogP contribution in [0.3, 0.4) is 0 Å². The van der Waals surface area contributed by atoms with E-state index in [0.29, 0.717) is 43.4 Å². The van der Waals surface area contributed by atoms with Crippen molar-refractivity contribution in [2.75, 3.05) is 45.2 Å². The van der Waals surface area contributed by atoms with Crippen LogP contribution in [0.15, 0.2) is 17.4 Å². The van der Waals surface area contributed by atoms with Crippen molar-refractivity contribution < 1.29 is 9.59 Å². The van der Waals surface area contributed by atoms with E-state index < -0.39 is 5.54 Å². The zero-order valence-electron chi connectivity index (χ0n) is 15.8. The first-order valence-electron chi connectivity index (χ1n) is 9.43. The number of hydrogen-bond acceptors (Lipinski definition) is 7. The highest BCUT2D eigenvalue weighted by Crippen LogP contribution is 2.31. The average molecular weight is 371 g/mol. The second-order valence-electron chi connectivity index (χ2n) is 7.56. The van der Waals surface area contributed by atoms with E-state index in [1.165, 1.54) is 6.20 Å². The Labute approximate surface area is 158 Å². The minimum Gasteiger partial charge on any atom is -0.355 e. The normalized spacial score (nSPS) is 21.4. The number of nitrogens with zero attached hydrogens (tertiary/aromatic N) is 6. The van der Waals surface area contributed by atoms with Crippen molar-refractivity contribution in [1.29, 1.82) is 0 Å². The number of aliphatic imine (C=N–C) groups is 1. The van der Waals surface area contributed by atoms with Crippen molar-refractivity contribution in [3.63, 3.8) is 0 Å². The SMILES string of the molecule is CN(C)C1=NC2(CCN(c3cncc(C(=O)N4CCCC4)n3)CC2)C(=O)N1. The van der Waals surface area contributed by atoms with Crippen LogP contribution in [0, 0.1) is 0 Å². The number of likely N-dealkylation sites (tertiary alicyclic amines) is 1. The van der Waals surface area contributed by atoms with Gasteiger partial charge in [0.05, 0.1) is 12.4 Å². The summed E-state index contributed by atoms with van der Waals surface area (Å²) in [5.74, 6) is 1.22. The molecule has 1 aromatic heterocycles. The molecular formula is C18H25N7O2. The summed E-state index contributed by atoms with van der Waals surface area (Å²) in [4.78, 5) is 44.2. The summed E-state index contributed by atoms with van der Waals surface area (Å²) in [5.41, 5.74) is -0.298. The largest absolute Gasteiger partial charge is 0.355 e. The third-order valence-electron chi connectivity index (χ3n) is 5.54. The van der Waals surface area contributed by atoms with E-state index in [2.05, 4.69) is 25.2 Å². The molecule has 9 heteroatoms. The summed E-state index contributed by atoms with van der Waals surface area (Å²) in [6.07, 6.45) is 6.54. The number of guanidine groups is 1. The fraction of sp³-hybridized carbons (Fsp3) is 0.611. The standard InChI is InChI=1S/C18H25N7O2/c1-23(2)17-21-16(27)18(22-17)5-9-24(10-6-18)14-12-19-11-13(20-14)15(26)25-7-3-4-8-25/h11-12H,3-10H2,1-2H3,(H,21,22,27). The van der Waals surface area contributed by atoms with E-state index in [1.807, 2.05) is 23.9 Å². The lowest BCUT2D eigenvalue weighted by atomic mass is 9.88. The maximum atomic E-state index is 12.6. The summed E-state index contributed by atoms with van der Waals surface area (Å²) in [6.45, 7) is 2.87. The van der Waals surface area contributed by atoms with Crippen LogP contribution >= 0.6 is 0 Å². The summed E-state index contributed by atoms with van der Waals surface area (Å²) >= 11 is 0. The smallest absolute Gasteiger partial charge is 0.274 e. The van der Waals surface area contributed by atoms with Gasteiger partial charge in [0.1, 0.15) is 17.1 Å². The molecule has 144 valence electrons. The van der Waals surface area contributed by atoms with Crippen molar-refractivity contribution in [3.05, 3.63) is 18.1 Å². The second-order valence-corrected chi connectivity index (χ2v) is 7.56. The van der Waals surface area contributed by atoms with Crippen LogP contribution in [-0.4, -0.2) is 83.4 Å². The number of carbonyl (C=O) groups excluding carboxylic acids is 2. The van der Waals surface area contributed by atoms with Crippen LogP contribution in [0.4, 0.5) is 5.82 Å². The molecule has 0 saturated carbocycles. The Morgan fingerprint density at radius 1 is 1.15 bits per heavy atom. The minimum atomic E-state index is -0.688. The number of carbonyl (C=O) groups is 2. The lowest BCUT2D eigenvalue weighted by molar-refractivity contribution is -0.124. The molecule has 1 spiro atoms. The predicted octanol–water partition coefficient (Wildman–Crippen LogP) is 0.0990. The highest BCUT2D eigenvalue weighted by Gasteiger charge is 2.46. The highest BCUT2D eigenvalue weighted by atomic mass is 16.2. The Morgan fingerprint density at radius 2 is 1.85 bits per heavy atom. The molecule has 2 fully saturated rings. The molecule has 0 aliphatic carbocycles. The van der Waals surface area contributed by atoms with Crippen molar-refractivity contribution in [3.8, 4) is 0 Å². The van der Waals surface area contributed by atoms with Crippen molar-refractivity contribution in [2.45, 2.75) is 31.2 Å². The van der Waals surface area contributed by atoms with E-state index >= 15 is 0 Å². The third kappa shape index (κ3) is 3.22. The topological polar surface area (TPSA) is 94.0 Å². The molecule has 0 radical (unpaired) electrons. The number of aromatic nitrogens is 2. The molecule has 0 atom stereocenters. The molecular weight excluding hydrogens is 346 g/mol. The number of rotatable bonds is 2. The van der Waals surface area contributed by atoms with E-state index in [-0.39, 0.29) is 11.8 Å². The molecule has 27 heavy (non-hydrogen) atoms. The van der Waals surface area contributed by atoms with Gasteiger partial charge in [-0.25, -0.2) is 9.98 Å². The lowest BCUT2D eigenvalue weighted by Crippen LogP contribution is -2.49. The van der Waals surface area contributed by atoms with Crippen LogP contribution in [0.5, 0.6) is 0 Å². The Balaban J connectivity index is 1.46. The molecule has 3 aliphatic heterocycles. The van der Waals surface area contributed by atoms with Crippen LogP contribution in [0.1, 0.15) is 36.2 Å². The Morgan fingerprint density at radius 3 is 2.48 bits per heavy atom. The molecule has 1 N–H and O–H groups in total. The quantitative estimate of drug-likeness (QED) is 0.792. The van der Waals surface area contributed by atoms with Gasteiger partial charge >= 0.3 is 0 Å². The first kappa shape index (κ1) is 17.7. The monoisotopic (exact) mass is 371 g/mol. The maximum absolute atomic E-state index is 12.6. The van der Waals surface area contributed by atoms with E-state index in [1.54, 1.807) is 6.20 Å². The van der Waals surface area contributed by atoms with Gasteiger partial charge in [0, 0.05) is 40.3 Å². The molecule has 0 bridgehead atoms. The molecule has 3 aliphatic rings.